The fraction of sp³-hybridized carbons (Fsp3) is 0.529. The van der Waals surface area contributed by atoms with Crippen LogP contribution in [0.2, 0.25) is 5.02 Å². The van der Waals surface area contributed by atoms with E-state index >= 15 is 0 Å². The fourth-order valence-corrected chi connectivity index (χ4v) is 3.47. The highest BCUT2D eigenvalue weighted by atomic mass is 35.5. The molecule has 1 atom stereocenters. The summed E-state index contributed by atoms with van der Waals surface area (Å²) >= 11 is 5.69. The number of hydrogen-bond donors (Lipinski definition) is 2. The van der Waals surface area contributed by atoms with Gasteiger partial charge in [0.25, 0.3) is 5.92 Å². The lowest BCUT2D eigenvalue weighted by molar-refractivity contribution is -0.136. The van der Waals surface area contributed by atoms with Gasteiger partial charge in [-0.1, -0.05) is 11.6 Å². The van der Waals surface area contributed by atoms with Crippen molar-refractivity contribution in [3.63, 3.8) is 0 Å². The zero-order valence-electron chi connectivity index (χ0n) is 14.3. The van der Waals surface area contributed by atoms with Gasteiger partial charge in [-0.25, -0.2) is 13.2 Å². The van der Waals surface area contributed by atoms with E-state index in [9.17, 15) is 22.8 Å². The van der Waals surface area contributed by atoms with Crippen LogP contribution in [0.3, 0.4) is 0 Å². The molecule has 5 nitrogen and oxygen atoms in total. The van der Waals surface area contributed by atoms with E-state index in [2.05, 4.69) is 10.6 Å². The van der Waals surface area contributed by atoms with Crippen LogP contribution < -0.4 is 10.6 Å². The number of amides is 2. The van der Waals surface area contributed by atoms with Crippen molar-refractivity contribution in [2.24, 2.45) is 5.92 Å². The predicted octanol–water partition coefficient (Wildman–Crippen LogP) is 3.08. The first-order valence-corrected chi connectivity index (χ1v) is 8.79. The molecule has 2 aliphatic rings. The summed E-state index contributed by atoms with van der Waals surface area (Å²) in [4.78, 5) is 26.1. The van der Waals surface area contributed by atoms with Crippen molar-refractivity contribution < 1.29 is 22.8 Å². The Balaban J connectivity index is 0.00000261. The van der Waals surface area contributed by atoms with Crippen LogP contribution in [0.25, 0.3) is 0 Å². The number of anilines is 1. The minimum Gasteiger partial charge on any atom is -0.341 e. The Morgan fingerprint density at radius 1 is 1.26 bits per heavy atom. The Hall–Kier alpha value is -1.51. The lowest BCUT2D eigenvalue weighted by atomic mass is 9.95. The summed E-state index contributed by atoms with van der Waals surface area (Å²) in [5.41, 5.74) is 0.400. The molecule has 150 valence electrons. The number of nitrogens with zero attached hydrogens (tertiary/aromatic N) is 1. The topological polar surface area (TPSA) is 61.4 Å². The van der Waals surface area contributed by atoms with Gasteiger partial charge >= 0.3 is 0 Å². The first-order chi connectivity index (χ1) is 12.2. The van der Waals surface area contributed by atoms with Crippen LogP contribution in [0.1, 0.15) is 19.3 Å². The van der Waals surface area contributed by atoms with Gasteiger partial charge in [-0.15, -0.1) is 12.4 Å². The molecule has 3 rings (SSSR count). The maximum Gasteiger partial charge on any atom is 0.262 e. The number of carbonyl (C=O) groups excluding carboxylic acids is 2. The van der Waals surface area contributed by atoms with Crippen LogP contribution in [-0.4, -0.2) is 48.3 Å². The normalized spacial score (nSPS) is 22.2. The number of likely N-dealkylation sites (tertiary alicyclic amines) is 1. The molecular weight excluding hydrogens is 406 g/mol. The van der Waals surface area contributed by atoms with Crippen LogP contribution in [0.5, 0.6) is 0 Å². The van der Waals surface area contributed by atoms with Crippen molar-refractivity contribution in [3.05, 3.63) is 29.0 Å². The molecule has 2 heterocycles. The van der Waals surface area contributed by atoms with E-state index in [-0.39, 0.29) is 35.2 Å². The summed E-state index contributed by atoms with van der Waals surface area (Å²) in [6, 6.07) is 3.06. The lowest BCUT2D eigenvalue weighted by Gasteiger charge is -2.33. The first-order valence-electron chi connectivity index (χ1n) is 8.41. The van der Waals surface area contributed by atoms with Crippen molar-refractivity contribution in [2.45, 2.75) is 31.2 Å². The van der Waals surface area contributed by atoms with Gasteiger partial charge in [0.1, 0.15) is 5.82 Å². The average molecular weight is 426 g/mol. The van der Waals surface area contributed by atoms with Crippen molar-refractivity contribution in [3.8, 4) is 0 Å². The summed E-state index contributed by atoms with van der Waals surface area (Å²) in [5.74, 6) is -4.30. The number of carbonyl (C=O) groups is 2. The van der Waals surface area contributed by atoms with Crippen molar-refractivity contribution in [1.82, 2.24) is 10.2 Å². The van der Waals surface area contributed by atoms with Crippen LogP contribution >= 0.6 is 24.0 Å². The summed E-state index contributed by atoms with van der Waals surface area (Å²) in [6.07, 6.45) is 0.392. The molecule has 0 radical (unpaired) electrons. The molecule has 0 saturated carbocycles. The van der Waals surface area contributed by atoms with Gasteiger partial charge in [0, 0.05) is 31.1 Å². The first kappa shape index (κ1) is 21.8. The summed E-state index contributed by atoms with van der Waals surface area (Å²) in [5, 5.41) is 5.16. The molecule has 2 amide bonds. The molecule has 1 aromatic carbocycles. The van der Waals surface area contributed by atoms with Crippen LogP contribution in [0.15, 0.2) is 18.2 Å². The Morgan fingerprint density at radius 3 is 2.48 bits per heavy atom. The molecule has 0 bridgehead atoms. The number of halogens is 5. The second-order valence-corrected chi connectivity index (χ2v) is 7.12. The van der Waals surface area contributed by atoms with Gasteiger partial charge in [-0.2, -0.15) is 0 Å². The van der Waals surface area contributed by atoms with Crippen LogP contribution in [-0.2, 0) is 9.59 Å². The number of alkyl halides is 2. The molecule has 10 heteroatoms. The lowest BCUT2D eigenvalue weighted by Crippen LogP contribution is -2.48. The number of piperidine rings is 1. The van der Waals surface area contributed by atoms with E-state index in [1.54, 1.807) is 0 Å². The average Bonchev–Trinajstić information content (AvgIpc) is 2.97. The third-order valence-corrected chi connectivity index (χ3v) is 5.06. The van der Waals surface area contributed by atoms with Crippen LogP contribution in [0, 0.1) is 11.7 Å². The third kappa shape index (κ3) is 5.27. The molecule has 0 aromatic heterocycles. The van der Waals surface area contributed by atoms with Crippen LogP contribution in [0.4, 0.5) is 18.9 Å². The number of rotatable bonds is 3. The van der Waals surface area contributed by atoms with Gasteiger partial charge in [-0.05, 0) is 31.0 Å². The Morgan fingerprint density at radius 2 is 1.93 bits per heavy atom. The minimum absolute atomic E-state index is 0. The molecule has 2 saturated heterocycles. The van der Waals surface area contributed by atoms with E-state index < -0.39 is 30.7 Å². The monoisotopic (exact) mass is 425 g/mol. The Kier molecular flexibility index (Phi) is 6.99. The number of benzene rings is 1. The highest BCUT2D eigenvalue weighted by Crippen LogP contribution is 2.28. The third-order valence-electron chi connectivity index (χ3n) is 4.77. The zero-order valence-corrected chi connectivity index (χ0v) is 15.9. The Bertz CT molecular complexity index is 713. The maximum absolute atomic E-state index is 13.2. The van der Waals surface area contributed by atoms with E-state index in [0.717, 1.165) is 0 Å². The zero-order chi connectivity index (χ0) is 18.9. The standard InChI is InChI=1S/C17H19ClF3N3O2.ClH/c18-12-7-11(1-2-13(12)19)23-15(25)10-3-5-24(6-4-10)16(26)14-8-17(20,21)9-22-14;/h1-2,7,10,14,22H,3-6,8-9H2,(H,23,25);1H. The van der Waals surface area contributed by atoms with Gasteiger partial charge in [0.05, 0.1) is 17.6 Å². The summed E-state index contributed by atoms with van der Waals surface area (Å²) in [6.45, 7) is 0.193. The van der Waals surface area contributed by atoms with Gasteiger partial charge in [-0.3, -0.25) is 14.9 Å². The summed E-state index contributed by atoms with van der Waals surface area (Å²) < 4.78 is 39.6. The molecule has 0 aliphatic carbocycles. The van der Waals surface area contributed by atoms with Crippen molar-refractivity contribution in [2.75, 3.05) is 25.0 Å². The Labute approximate surface area is 166 Å². The maximum atomic E-state index is 13.2. The van der Waals surface area contributed by atoms with Crippen molar-refractivity contribution >= 4 is 41.5 Å². The van der Waals surface area contributed by atoms with Crippen molar-refractivity contribution in [1.29, 1.82) is 0 Å². The molecule has 1 aromatic rings. The molecule has 2 fully saturated rings. The smallest absolute Gasteiger partial charge is 0.262 e. The quantitative estimate of drug-likeness (QED) is 0.781. The van der Waals surface area contributed by atoms with E-state index in [0.29, 0.717) is 31.6 Å². The minimum atomic E-state index is -2.85. The molecular formula is C17H20Cl2F3N3O2. The number of hydrogen-bond acceptors (Lipinski definition) is 3. The van der Waals surface area contributed by atoms with Gasteiger partial charge in [0.15, 0.2) is 0 Å². The molecule has 2 aliphatic heterocycles. The highest BCUT2D eigenvalue weighted by Gasteiger charge is 2.44. The largest absolute Gasteiger partial charge is 0.341 e. The second kappa shape index (κ2) is 8.67. The van der Waals surface area contributed by atoms with E-state index in [4.69, 9.17) is 11.6 Å². The molecule has 27 heavy (non-hydrogen) atoms. The SMILES string of the molecule is Cl.O=C(Nc1ccc(F)c(Cl)c1)C1CCN(C(=O)C2CC(F)(F)CN2)CC1. The van der Waals surface area contributed by atoms with E-state index in [1.807, 2.05) is 0 Å². The van der Waals surface area contributed by atoms with Gasteiger partial charge in [0.2, 0.25) is 11.8 Å². The summed E-state index contributed by atoms with van der Waals surface area (Å²) in [7, 11) is 0. The molecule has 1 unspecified atom stereocenters. The second-order valence-electron chi connectivity index (χ2n) is 6.71. The molecule has 2 N–H and O–H groups in total. The highest BCUT2D eigenvalue weighted by molar-refractivity contribution is 6.31. The molecule has 0 spiro atoms. The number of nitrogens with one attached hydrogen (secondary N) is 2. The predicted molar refractivity (Wildman–Crippen MR) is 97.9 cm³/mol. The van der Waals surface area contributed by atoms with E-state index in [1.165, 1.54) is 23.1 Å². The van der Waals surface area contributed by atoms with Gasteiger partial charge < -0.3 is 10.2 Å². The fourth-order valence-electron chi connectivity index (χ4n) is 3.29.